The van der Waals surface area contributed by atoms with E-state index in [2.05, 4.69) is 15.9 Å². The first-order chi connectivity index (χ1) is 14.8. The summed E-state index contributed by atoms with van der Waals surface area (Å²) in [6, 6.07) is 19.5. The molecule has 1 N–H and O–H groups in total. The Morgan fingerprint density at radius 1 is 1.06 bits per heavy atom. The highest BCUT2D eigenvalue weighted by Crippen LogP contribution is 2.27. The van der Waals surface area contributed by atoms with E-state index in [4.69, 9.17) is 14.6 Å². The molecule has 0 amide bonds. The van der Waals surface area contributed by atoms with E-state index in [0.717, 1.165) is 26.7 Å². The Labute approximate surface area is 189 Å². The largest absolute Gasteiger partial charge is 0.489 e. The first-order valence-electron chi connectivity index (χ1n) is 9.68. The summed E-state index contributed by atoms with van der Waals surface area (Å²) < 4.78 is 25.7. The van der Waals surface area contributed by atoms with Crippen LogP contribution < -0.4 is 9.47 Å². The lowest BCUT2D eigenvalue weighted by molar-refractivity contribution is -0.144. The number of benzene rings is 3. The maximum atomic E-state index is 13.4. The van der Waals surface area contributed by atoms with Crippen LogP contribution in [-0.4, -0.2) is 23.8 Å². The zero-order valence-electron chi connectivity index (χ0n) is 17.1. The number of carboxylic acid groups (broad SMARTS) is 1. The second-order valence-corrected chi connectivity index (χ2v) is 7.88. The van der Waals surface area contributed by atoms with Gasteiger partial charge in [-0.05, 0) is 84.7 Å². The summed E-state index contributed by atoms with van der Waals surface area (Å²) in [5.41, 5.74) is 3.58. The summed E-state index contributed by atoms with van der Waals surface area (Å²) in [6.07, 6.45) is 1.01. The van der Waals surface area contributed by atoms with Gasteiger partial charge in [-0.25, -0.2) is 9.18 Å². The van der Waals surface area contributed by atoms with Crippen molar-refractivity contribution in [2.24, 2.45) is 0 Å². The molecular formula is C25H22BrFO4. The van der Waals surface area contributed by atoms with E-state index in [9.17, 15) is 9.18 Å². The van der Waals surface area contributed by atoms with Crippen LogP contribution in [0.25, 0.3) is 5.57 Å². The molecule has 0 spiro atoms. The lowest BCUT2D eigenvalue weighted by Crippen LogP contribution is -2.23. The van der Waals surface area contributed by atoms with E-state index in [1.807, 2.05) is 37.3 Å². The van der Waals surface area contributed by atoms with Crippen LogP contribution in [-0.2, 0) is 4.79 Å². The van der Waals surface area contributed by atoms with Gasteiger partial charge in [-0.15, -0.1) is 0 Å². The number of rotatable bonds is 8. The molecule has 0 aliphatic heterocycles. The van der Waals surface area contributed by atoms with Crippen molar-refractivity contribution in [3.63, 3.8) is 0 Å². The summed E-state index contributed by atoms with van der Waals surface area (Å²) in [6.45, 7) is 3.61. The van der Waals surface area contributed by atoms with Gasteiger partial charge in [0, 0.05) is 4.47 Å². The average molecular weight is 485 g/mol. The molecule has 1 atom stereocenters. The second-order valence-electron chi connectivity index (χ2n) is 6.97. The fraction of sp³-hybridized carbons (Fsp3) is 0.160. The minimum absolute atomic E-state index is 0.287. The van der Waals surface area contributed by atoms with Crippen molar-refractivity contribution in [2.75, 3.05) is 6.61 Å². The summed E-state index contributed by atoms with van der Waals surface area (Å²) in [5, 5.41) is 9.00. The van der Waals surface area contributed by atoms with Gasteiger partial charge in [0.25, 0.3) is 0 Å². The van der Waals surface area contributed by atoms with Crippen molar-refractivity contribution >= 4 is 27.5 Å². The van der Waals surface area contributed by atoms with Crippen molar-refractivity contribution in [3.05, 3.63) is 99.8 Å². The molecule has 160 valence electrons. The maximum Gasteiger partial charge on any atom is 0.344 e. The molecule has 0 heterocycles. The molecule has 0 saturated carbocycles. The zero-order chi connectivity index (χ0) is 22.4. The Morgan fingerprint density at radius 3 is 2.26 bits per heavy atom. The molecule has 0 radical (unpaired) electrons. The van der Waals surface area contributed by atoms with Crippen molar-refractivity contribution in [2.45, 2.75) is 20.0 Å². The number of hydrogen-bond donors (Lipinski definition) is 1. The Balaban J connectivity index is 1.78. The van der Waals surface area contributed by atoms with Gasteiger partial charge in [-0.2, -0.15) is 0 Å². The van der Waals surface area contributed by atoms with Crippen LogP contribution in [0.2, 0.25) is 0 Å². The van der Waals surface area contributed by atoms with Crippen LogP contribution in [0.15, 0.2) is 77.3 Å². The molecule has 3 aromatic carbocycles. The highest BCUT2D eigenvalue weighted by Gasteiger charge is 2.14. The summed E-state index contributed by atoms with van der Waals surface area (Å²) in [4.78, 5) is 11.0. The van der Waals surface area contributed by atoms with E-state index < -0.39 is 12.1 Å². The molecule has 0 bridgehead atoms. The first-order valence-corrected chi connectivity index (χ1v) is 10.5. The van der Waals surface area contributed by atoms with Gasteiger partial charge < -0.3 is 14.6 Å². The van der Waals surface area contributed by atoms with Gasteiger partial charge in [0.2, 0.25) is 0 Å². The SMILES string of the molecule is Cc1cc(OCC=C(c2ccc(F)cc2)c2ccc(Br)cc2)ccc1OC(C)C(=O)O. The van der Waals surface area contributed by atoms with Crippen LogP contribution in [0.4, 0.5) is 4.39 Å². The van der Waals surface area contributed by atoms with Crippen molar-refractivity contribution in [1.82, 2.24) is 0 Å². The third kappa shape index (κ3) is 6.18. The monoisotopic (exact) mass is 484 g/mol. The number of carbonyl (C=O) groups is 1. The Morgan fingerprint density at radius 2 is 1.68 bits per heavy atom. The molecule has 3 aromatic rings. The number of ether oxygens (including phenoxy) is 2. The molecule has 3 rings (SSSR count). The Kier molecular flexibility index (Phi) is 7.47. The van der Waals surface area contributed by atoms with Gasteiger partial charge in [-0.1, -0.05) is 40.2 Å². The quantitative estimate of drug-likeness (QED) is 0.409. The molecule has 31 heavy (non-hydrogen) atoms. The molecule has 6 heteroatoms. The number of carboxylic acids is 1. The molecule has 1 unspecified atom stereocenters. The average Bonchev–Trinajstić information content (AvgIpc) is 2.74. The Bertz CT molecular complexity index is 1030. The molecule has 0 fully saturated rings. The van der Waals surface area contributed by atoms with E-state index in [1.165, 1.54) is 19.1 Å². The highest BCUT2D eigenvalue weighted by atomic mass is 79.9. The van der Waals surface area contributed by atoms with Gasteiger partial charge in [0.1, 0.15) is 23.9 Å². The fourth-order valence-electron chi connectivity index (χ4n) is 2.97. The predicted octanol–water partition coefficient (Wildman–Crippen LogP) is 6.26. The first kappa shape index (κ1) is 22.6. The van der Waals surface area contributed by atoms with Crippen LogP contribution in [0.3, 0.4) is 0 Å². The van der Waals surface area contributed by atoms with E-state index in [-0.39, 0.29) is 5.82 Å². The summed E-state index contributed by atoms with van der Waals surface area (Å²) in [5.74, 6) is -0.172. The molecule has 0 saturated heterocycles. The van der Waals surface area contributed by atoms with Gasteiger partial charge in [0.05, 0.1) is 0 Å². The predicted molar refractivity (Wildman–Crippen MR) is 122 cm³/mol. The maximum absolute atomic E-state index is 13.4. The highest BCUT2D eigenvalue weighted by molar-refractivity contribution is 9.10. The minimum atomic E-state index is -1.02. The van der Waals surface area contributed by atoms with Crippen LogP contribution >= 0.6 is 15.9 Å². The molecular weight excluding hydrogens is 463 g/mol. The zero-order valence-corrected chi connectivity index (χ0v) is 18.7. The number of hydrogen-bond acceptors (Lipinski definition) is 3. The normalized spacial score (nSPS) is 12.3. The van der Waals surface area contributed by atoms with E-state index >= 15 is 0 Å². The third-order valence-electron chi connectivity index (χ3n) is 4.65. The van der Waals surface area contributed by atoms with Crippen molar-refractivity contribution in [3.8, 4) is 11.5 Å². The van der Waals surface area contributed by atoms with E-state index in [0.29, 0.717) is 18.1 Å². The summed E-state index contributed by atoms with van der Waals surface area (Å²) >= 11 is 3.44. The third-order valence-corrected chi connectivity index (χ3v) is 5.17. The molecule has 4 nitrogen and oxygen atoms in total. The number of halogens is 2. The standard InChI is InChI=1S/C25H22BrFO4/c1-16-15-22(11-12-24(16)31-17(2)25(28)29)30-14-13-23(18-3-7-20(26)8-4-18)19-5-9-21(27)10-6-19/h3-13,15,17H,14H2,1-2H3,(H,28,29). The number of aryl methyl sites for hydroxylation is 1. The van der Waals surface area contributed by atoms with Gasteiger partial charge >= 0.3 is 5.97 Å². The van der Waals surface area contributed by atoms with Crippen molar-refractivity contribution in [1.29, 1.82) is 0 Å². The summed E-state index contributed by atoms with van der Waals surface area (Å²) in [7, 11) is 0. The van der Waals surface area contributed by atoms with Gasteiger partial charge in [0.15, 0.2) is 6.10 Å². The minimum Gasteiger partial charge on any atom is -0.489 e. The van der Waals surface area contributed by atoms with Crippen LogP contribution in [0, 0.1) is 12.7 Å². The molecule has 0 aliphatic rings. The lowest BCUT2D eigenvalue weighted by atomic mass is 9.98. The number of aliphatic carboxylic acids is 1. The topological polar surface area (TPSA) is 55.8 Å². The van der Waals surface area contributed by atoms with Gasteiger partial charge in [-0.3, -0.25) is 0 Å². The molecule has 0 aromatic heterocycles. The van der Waals surface area contributed by atoms with E-state index in [1.54, 1.807) is 30.3 Å². The van der Waals surface area contributed by atoms with Crippen LogP contribution in [0.5, 0.6) is 11.5 Å². The lowest BCUT2D eigenvalue weighted by Gasteiger charge is -2.14. The smallest absolute Gasteiger partial charge is 0.344 e. The van der Waals surface area contributed by atoms with Crippen molar-refractivity contribution < 1.29 is 23.8 Å². The molecule has 0 aliphatic carbocycles. The second kappa shape index (κ2) is 10.3. The fourth-order valence-corrected chi connectivity index (χ4v) is 3.23. The van der Waals surface area contributed by atoms with Crippen LogP contribution in [0.1, 0.15) is 23.6 Å². The Hall–Kier alpha value is -3.12.